The first-order chi connectivity index (χ1) is 7.75. The van der Waals surface area contributed by atoms with Crippen LogP contribution in [0.2, 0.25) is 0 Å². The van der Waals surface area contributed by atoms with Gasteiger partial charge in [-0.3, -0.25) is 4.79 Å². The van der Waals surface area contributed by atoms with E-state index in [2.05, 4.69) is 0 Å². The number of carbonyl (C=O) groups excluding carboxylic acids is 1. The normalized spacial score (nSPS) is 24.3. The van der Waals surface area contributed by atoms with E-state index < -0.39 is 0 Å². The first kappa shape index (κ1) is 11.1. The van der Waals surface area contributed by atoms with Gasteiger partial charge < -0.3 is 9.47 Å². The molecule has 0 unspecified atom stereocenters. The van der Waals surface area contributed by atoms with Gasteiger partial charge in [-0.05, 0) is 18.9 Å². The summed E-state index contributed by atoms with van der Waals surface area (Å²) < 4.78 is 10.6. The maximum absolute atomic E-state index is 11.7. The van der Waals surface area contributed by atoms with Crippen LogP contribution in [0.25, 0.3) is 0 Å². The van der Waals surface area contributed by atoms with Crippen LogP contribution < -0.4 is 0 Å². The van der Waals surface area contributed by atoms with Crippen molar-refractivity contribution in [3.8, 4) is 0 Å². The molecule has 0 N–H and O–H groups in total. The number of esters is 1. The van der Waals surface area contributed by atoms with Gasteiger partial charge in [0, 0.05) is 0 Å². The Morgan fingerprint density at radius 2 is 2.19 bits per heavy atom. The predicted molar refractivity (Wildman–Crippen MR) is 59.8 cm³/mol. The molecule has 0 amide bonds. The van der Waals surface area contributed by atoms with E-state index in [0.717, 1.165) is 12.0 Å². The minimum absolute atomic E-state index is 0.0845. The highest BCUT2D eigenvalue weighted by atomic mass is 16.5. The molecular weight excluding hydrogens is 204 g/mol. The molecule has 3 heteroatoms. The smallest absolute Gasteiger partial charge is 0.311 e. The Kier molecular flexibility index (Phi) is 3.57. The van der Waals surface area contributed by atoms with Gasteiger partial charge in [0.2, 0.25) is 0 Å². The monoisotopic (exact) mass is 220 g/mol. The minimum atomic E-state index is -0.145. The molecular formula is C13H16O3. The molecule has 2 atom stereocenters. The van der Waals surface area contributed by atoms with E-state index in [1.165, 1.54) is 0 Å². The first-order valence-electron chi connectivity index (χ1n) is 5.58. The van der Waals surface area contributed by atoms with Gasteiger partial charge in [-0.15, -0.1) is 0 Å². The SMILES string of the molecule is C[C@H]1C[C@H](C(=O)OCc2ccccc2)CO1. The van der Waals surface area contributed by atoms with Crippen LogP contribution in [-0.2, 0) is 20.9 Å². The molecule has 3 nitrogen and oxygen atoms in total. The summed E-state index contributed by atoms with van der Waals surface area (Å²) in [7, 11) is 0. The van der Waals surface area contributed by atoms with Crippen LogP contribution in [0.3, 0.4) is 0 Å². The fourth-order valence-electron chi connectivity index (χ4n) is 1.83. The second-order valence-corrected chi connectivity index (χ2v) is 4.17. The van der Waals surface area contributed by atoms with Gasteiger partial charge in [0.25, 0.3) is 0 Å². The minimum Gasteiger partial charge on any atom is -0.461 e. The van der Waals surface area contributed by atoms with E-state index in [4.69, 9.17) is 9.47 Å². The van der Waals surface area contributed by atoms with E-state index in [0.29, 0.717) is 13.2 Å². The van der Waals surface area contributed by atoms with Gasteiger partial charge in [-0.2, -0.15) is 0 Å². The molecule has 1 aromatic rings. The number of benzene rings is 1. The van der Waals surface area contributed by atoms with Gasteiger partial charge >= 0.3 is 5.97 Å². The summed E-state index contributed by atoms with van der Waals surface area (Å²) in [5, 5.41) is 0. The molecule has 1 fully saturated rings. The third-order valence-electron chi connectivity index (χ3n) is 2.76. The molecule has 1 aliphatic heterocycles. The van der Waals surface area contributed by atoms with Crippen molar-refractivity contribution in [2.45, 2.75) is 26.1 Å². The lowest BCUT2D eigenvalue weighted by atomic mass is 10.1. The van der Waals surface area contributed by atoms with Gasteiger partial charge in [0.15, 0.2) is 0 Å². The van der Waals surface area contributed by atoms with Crippen LogP contribution in [0.15, 0.2) is 30.3 Å². The molecule has 0 aliphatic carbocycles. The molecule has 1 saturated heterocycles. The maximum atomic E-state index is 11.7. The van der Waals surface area contributed by atoms with Crippen molar-refractivity contribution < 1.29 is 14.3 Å². The fourth-order valence-corrected chi connectivity index (χ4v) is 1.83. The number of carbonyl (C=O) groups is 1. The Bertz CT molecular complexity index is 347. The Hall–Kier alpha value is -1.35. The van der Waals surface area contributed by atoms with Crippen LogP contribution in [-0.4, -0.2) is 18.7 Å². The van der Waals surface area contributed by atoms with Gasteiger partial charge in [0.05, 0.1) is 18.6 Å². The lowest BCUT2D eigenvalue weighted by Crippen LogP contribution is -2.17. The fraction of sp³-hybridized carbons (Fsp3) is 0.462. The van der Waals surface area contributed by atoms with Gasteiger partial charge in [-0.1, -0.05) is 30.3 Å². The third-order valence-corrected chi connectivity index (χ3v) is 2.76. The van der Waals surface area contributed by atoms with Crippen LogP contribution in [0.5, 0.6) is 0 Å². The summed E-state index contributed by atoms with van der Waals surface area (Å²) in [4.78, 5) is 11.7. The number of ether oxygens (including phenoxy) is 2. The van der Waals surface area contributed by atoms with Crippen LogP contribution in [0.1, 0.15) is 18.9 Å². The highest BCUT2D eigenvalue weighted by molar-refractivity contribution is 5.72. The molecule has 16 heavy (non-hydrogen) atoms. The van der Waals surface area contributed by atoms with E-state index in [1.54, 1.807) is 0 Å². The number of hydrogen-bond donors (Lipinski definition) is 0. The number of hydrogen-bond acceptors (Lipinski definition) is 3. The molecule has 1 aromatic carbocycles. The first-order valence-corrected chi connectivity index (χ1v) is 5.58. The summed E-state index contributed by atoms with van der Waals surface area (Å²) in [5.41, 5.74) is 1.02. The average Bonchev–Trinajstić information content (AvgIpc) is 2.74. The molecule has 1 heterocycles. The molecule has 0 radical (unpaired) electrons. The highest BCUT2D eigenvalue weighted by Gasteiger charge is 2.29. The average molecular weight is 220 g/mol. The lowest BCUT2D eigenvalue weighted by Gasteiger charge is -2.08. The molecule has 0 spiro atoms. The zero-order valence-corrected chi connectivity index (χ0v) is 9.39. The molecule has 0 aromatic heterocycles. The standard InChI is InChI=1S/C13H16O3/c1-10-7-12(9-15-10)13(14)16-8-11-5-3-2-4-6-11/h2-6,10,12H,7-9H2,1H3/t10-,12-/m0/s1. The van der Waals surface area contributed by atoms with Crippen molar-refractivity contribution in [3.05, 3.63) is 35.9 Å². The Labute approximate surface area is 95.4 Å². The Balaban J connectivity index is 1.80. The quantitative estimate of drug-likeness (QED) is 0.732. The van der Waals surface area contributed by atoms with Gasteiger partial charge in [-0.25, -0.2) is 0 Å². The lowest BCUT2D eigenvalue weighted by molar-refractivity contribution is -0.149. The van der Waals surface area contributed by atoms with Crippen molar-refractivity contribution in [2.75, 3.05) is 6.61 Å². The topological polar surface area (TPSA) is 35.5 Å². The molecule has 1 aliphatic rings. The van der Waals surface area contributed by atoms with Crippen LogP contribution in [0.4, 0.5) is 0 Å². The van der Waals surface area contributed by atoms with E-state index >= 15 is 0 Å². The molecule has 0 bridgehead atoms. The Morgan fingerprint density at radius 3 is 2.81 bits per heavy atom. The zero-order chi connectivity index (χ0) is 11.4. The summed E-state index contributed by atoms with van der Waals surface area (Å²) >= 11 is 0. The summed E-state index contributed by atoms with van der Waals surface area (Å²) in [6.07, 6.45) is 0.947. The van der Waals surface area contributed by atoms with E-state index in [-0.39, 0.29) is 18.0 Å². The van der Waals surface area contributed by atoms with Crippen molar-refractivity contribution in [3.63, 3.8) is 0 Å². The summed E-state index contributed by atoms with van der Waals surface area (Å²) in [6, 6.07) is 9.70. The van der Waals surface area contributed by atoms with Crippen LogP contribution in [0, 0.1) is 5.92 Å². The molecule has 2 rings (SSSR count). The second-order valence-electron chi connectivity index (χ2n) is 4.17. The van der Waals surface area contributed by atoms with E-state index in [9.17, 15) is 4.79 Å². The van der Waals surface area contributed by atoms with Crippen molar-refractivity contribution in [1.82, 2.24) is 0 Å². The second kappa shape index (κ2) is 5.12. The molecule has 0 saturated carbocycles. The van der Waals surface area contributed by atoms with Crippen molar-refractivity contribution in [1.29, 1.82) is 0 Å². The number of rotatable bonds is 3. The largest absolute Gasteiger partial charge is 0.461 e. The summed E-state index contributed by atoms with van der Waals surface area (Å²) in [6.45, 7) is 2.82. The van der Waals surface area contributed by atoms with Crippen molar-refractivity contribution >= 4 is 5.97 Å². The third kappa shape index (κ3) is 2.83. The van der Waals surface area contributed by atoms with Gasteiger partial charge in [0.1, 0.15) is 6.61 Å². The highest BCUT2D eigenvalue weighted by Crippen LogP contribution is 2.20. The van der Waals surface area contributed by atoms with Crippen molar-refractivity contribution in [2.24, 2.45) is 5.92 Å². The summed E-state index contributed by atoms with van der Waals surface area (Å²) in [5.74, 6) is -0.230. The Morgan fingerprint density at radius 1 is 1.44 bits per heavy atom. The maximum Gasteiger partial charge on any atom is 0.311 e. The predicted octanol–water partition coefficient (Wildman–Crippen LogP) is 2.15. The molecule has 86 valence electrons. The van der Waals surface area contributed by atoms with Crippen LogP contribution >= 0.6 is 0 Å². The zero-order valence-electron chi connectivity index (χ0n) is 9.39. The van der Waals surface area contributed by atoms with E-state index in [1.807, 2.05) is 37.3 Å².